The fourth-order valence-corrected chi connectivity index (χ4v) is 2.00. The van der Waals surface area contributed by atoms with E-state index in [9.17, 15) is 9.18 Å². The molecule has 0 unspecified atom stereocenters. The third kappa shape index (κ3) is 6.50. The van der Waals surface area contributed by atoms with Crippen LogP contribution in [0.5, 0.6) is 5.75 Å². The third-order valence-electron chi connectivity index (χ3n) is 3.00. The Labute approximate surface area is 145 Å². The van der Waals surface area contributed by atoms with Crippen molar-refractivity contribution < 1.29 is 13.9 Å². The van der Waals surface area contributed by atoms with Gasteiger partial charge >= 0.3 is 0 Å². The lowest BCUT2D eigenvalue weighted by Crippen LogP contribution is -2.25. The van der Waals surface area contributed by atoms with Crippen LogP contribution in [-0.2, 0) is 4.79 Å². The van der Waals surface area contributed by atoms with Crippen molar-refractivity contribution >= 4 is 23.2 Å². The first kappa shape index (κ1) is 18.3. The molecule has 0 aliphatic carbocycles. The van der Waals surface area contributed by atoms with Gasteiger partial charge < -0.3 is 21.1 Å². The summed E-state index contributed by atoms with van der Waals surface area (Å²) in [5, 5.41) is 5.42. The van der Waals surface area contributed by atoms with Gasteiger partial charge in [-0.15, -0.1) is 0 Å². The van der Waals surface area contributed by atoms with Crippen LogP contribution >= 0.6 is 0 Å². The first-order chi connectivity index (χ1) is 11.9. The minimum absolute atomic E-state index is 0.0991. The average molecular weight is 344 g/mol. The fourth-order valence-electron chi connectivity index (χ4n) is 2.00. The lowest BCUT2D eigenvalue weighted by atomic mass is 10.3. The van der Waals surface area contributed by atoms with E-state index in [-0.39, 0.29) is 18.6 Å². The molecule has 0 aliphatic heterocycles. The van der Waals surface area contributed by atoms with Gasteiger partial charge in [0, 0.05) is 11.4 Å². The summed E-state index contributed by atoms with van der Waals surface area (Å²) in [6.07, 6.45) is 0.0991. The topological polar surface area (TPSA) is 88.7 Å². The van der Waals surface area contributed by atoms with E-state index in [2.05, 4.69) is 15.6 Å². The number of benzene rings is 2. The van der Waals surface area contributed by atoms with E-state index in [1.165, 1.54) is 18.2 Å². The predicted octanol–water partition coefficient (Wildman–Crippen LogP) is 2.98. The van der Waals surface area contributed by atoms with Crippen LogP contribution in [0.2, 0.25) is 0 Å². The maximum absolute atomic E-state index is 13.1. The van der Waals surface area contributed by atoms with E-state index in [0.717, 1.165) is 11.4 Å². The van der Waals surface area contributed by atoms with Crippen LogP contribution in [-0.4, -0.2) is 24.5 Å². The molecule has 25 heavy (non-hydrogen) atoms. The highest BCUT2D eigenvalue weighted by molar-refractivity contribution is 5.97. The molecule has 0 aliphatic rings. The molecular formula is C18H21FN4O2. The molecule has 132 valence electrons. The Morgan fingerprint density at radius 2 is 1.88 bits per heavy atom. The molecule has 7 heteroatoms. The highest BCUT2D eigenvalue weighted by Gasteiger charge is 2.03. The minimum Gasteiger partial charge on any atom is -0.491 e. The summed E-state index contributed by atoms with van der Waals surface area (Å²) in [6, 6.07) is 12.8. The standard InChI is InChI=1S/C18H21FN4O2/c1-12(2)25-16-8-6-14(7-9-16)23-18(20)21-11-17(24)22-15-5-3-4-13(19)10-15/h3-10,12H,11H2,1-2H3,(H,22,24)(H3,20,21,23). The van der Waals surface area contributed by atoms with Gasteiger partial charge in [0.15, 0.2) is 5.96 Å². The van der Waals surface area contributed by atoms with Crippen LogP contribution in [0.25, 0.3) is 0 Å². The molecule has 0 radical (unpaired) electrons. The van der Waals surface area contributed by atoms with Crippen LogP contribution in [0.3, 0.4) is 0 Å². The molecule has 0 atom stereocenters. The zero-order valence-electron chi connectivity index (χ0n) is 14.1. The Bertz CT molecular complexity index is 745. The molecule has 0 fully saturated rings. The second kappa shape index (κ2) is 8.68. The molecule has 2 rings (SSSR count). The maximum Gasteiger partial charge on any atom is 0.246 e. The van der Waals surface area contributed by atoms with Crippen LogP contribution < -0.4 is 21.1 Å². The number of rotatable bonds is 6. The van der Waals surface area contributed by atoms with Crippen LogP contribution in [0.1, 0.15) is 13.8 Å². The number of carbonyl (C=O) groups is 1. The lowest BCUT2D eigenvalue weighted by Gasteiger charge is -2.11. The monoisotopic (exact) mass is 344 g/mol. The number of anilines is 2. The summed E-state index contributed by atoms with van der Waals surface area (Å²) in [4.78, 5) is 15.7. The minimum atomic E-state index is -0.424. The first-order valence-corrected chi connectivity index (χ1v) is 7.81. The summed E-state index contributed by atoms with van der Waals surface area (Å²) < 4.78 is 18.6. The van der Waals surface area contributed by atoms with Crippen LogP contribution in [0, 0.1) is 5.82 Å². The Morgan fingerprint density at radius 3 is 2.52 bits per heavy atom. The molecule has 0 heterocycles. The number of ether oxygens (including phenoxy) is 1. The van der Waals surface area contributed by atoms with Gasteiger partial charge in [-0.2, -0.15) is 0 Å². The van der Waals surface area contributed by atoms with Crippen molar-refractivity contribution in [2.45, 2.75) is 20.0 Å². The average Bonchev–Trinajstić information content (AvgIpc) is 2.54. The molecule has 0 saturated heterocycles. The molecule has 0 bridgehead atoms. The summed E-state index contributed by atoms with van der Waals surface area (Å²) in [5.41, 5.74) is 6.85. The number of nitrogens with one attached hydrogen (secondary N) is 2. The Kier molecular flexibility index (Phi) is 6.33. The summed E-state index contributed by atoms with van der Waals surface area (Å²) in [7, 11) is 0. The zero-order valence-corrected chi connectivity index (χ0v) is 14.1. The highest BCUT2D eigenvalue weighted by Crippen LogP contribution is 2.16. The molecule has 4 N–H and O–H groups in total. The molecule has 0 spiro atoms. The molecular weight excluding hydrogens is 323 g/mol. The summed E-state index contributed by atoms with van der Waals surface area (Å²) in [5.74, 6) is 0.0425. The van der Waals surface area contributed by atoms with E-state index in [1.54, 1.807) is 18.2 Å². The molecule has 0 saturated carbocycles. The smallest absolute Gasteiger partial charge is 0.246 e. The van der Waals surface area contributed by atoms with Gasteiger partial charge in [-0.1, -0.05) is 6.07 Å². The van der Waals surface area contributed by atoms with Gasteiger partial charge in [0.05, 0.1) is 6.10 Å². The van der Waals surface area contributed by atoms with E-state index in [4.69, 9.17) is 10.5 Å². The van der Waals surface area contributed by atoms with Crippen molar-refractivity contribution in [1.29, 1.82) is 0 Å². The maximum atomic E-state index is 13.1. The number of nitrogens with two attached hydrogens (primary N) is 1. The van der Waals surface area contributed by atoms with Gasteiger partial charge in [-0.05, 0) is 56.3 Å². The number of guanidine groups is 1. The molecule has 6 nitrogen and oxygen atoms in total. The van der Waals surface area contributed by atoms with Crippen molar-refractivity contribution in [3.63, 3.8) is 0 Å². The number of hydrogen-bond acceptors (Lipinski definition) is 3. The normalized spacial score (nSPS) is 11.3. The van der Waals surface area contributed by atoms with Crippen molar-refractivity contribution in [3.05, 3.63) is 54.3 Å². The highest BCUT2D eigenvalue weighted by atomic mass is 19.1. The van der Waals surface area contributed by atoms with E-state index in [1.807, 2.05) is 26.0 Å². The largest absolute Gasteiger partial charge is 0.491 e. The Hall–Kier alpha value is -3.09. The fraction of sp³-hybridized carbons (Fsp3) is 0.222. The van der Waals surface area contributed by atoms with Crippen molar-refractivity contribution in [3.8, 4) is 5.75 Å². The number of carbonyl (C=O) groups excluding carboxylic acids is 1. The molecule has 1 amide bonds. The predicted molar refractivity (Wildman–Crippen MR) is 97.3 cm³/mol. The Balaban J connectivity index is 1.85. The lowest BCUT2D eigenvalue weighted by molar-refractivity contribution is -0.114. The van der Waals surface area contributed by atoms with Crippen molar-refractivity contribution in [1.82, 2.24) is 0 Å². The van der Waals surface area contributed by atoms with Gasteiger partial charge in [-0.25, -0.2) is 9.38 Å². The number of halogens is 1. The molecule has 2 aromatic rings. The molecule has 2 aromatic carbocycles. The Morgan fingerprint density at radius 1 is 1.16 bits per heavy atom. The van der Waals surface area contributed by atoms with E-state index in [0.29, 0.717) is 5.69 Å². The van der Waals surface area contributed by atoms with Gasteiger partial charge in [0.25, 0.3) is 0 Å². The van der Waals surface area contributed by atoms with Gasteiger partial charge in [-0.3, -0.25) is 4.79 Å². The quantitative estimate of drug-likeness (QED) is 0.555. The second-order valence-corrected chi connectivity index (χ2v) is 5.58. The molecule has 0 aromatic heterocycles. The summed E-state index contributed by atoms with van der Waals surface area (Å²) in [6.45, 7) is 3.72. The zero-order chi connectivity index (χ0) is 18.2. The number of amides is 1. The van der Waals surface area contributed by atoms with Gasteiger partial charge in [0.2, 0.25) is 5.91 Å². The van der Waals surface area contributed by atoms with Gasteiger partial charge in [0.1, 0.15) is 18.1 Å². The number of hydrogen-bond donors (Lipinski definition) is 3. The third-order valence-corrected chi connectivity index (χ3v) is 3.00. The second-order valence-electron chi connectivity index (χ2n) is 5.58. The number of aliphatic imine (C=N–C) groups is 1. The number of nitrogens with zero attached hydrogens (tertiary/aromatic N) is 1. The van der Waals surface area contributed by atoms with Crippen LogP contribution in [0.15, 0.2) is 53.5 Å². The van der Waals surface area contributed by atoms with Crippen molar-refractivity contribution in [2.24, 2.45) is 10.7 Å². The SMILES string of the molecule is CC(C)Oc1ccc(NC(N)=NCC(=O)Nc2cccc(F)c2)cc1. The van der Waals surface area contributed by atoms with Crippen LogP contribution in [0.4, 0.5) is 15.8 Å². The van der Waals surface area contributed by atoms with E-state index >= 15 is 0 Å². The van der Waals surface area contributed by atoms with Crippen molar-refractivity contribution in [2.75, 3.05) is 17.2 Å². The van der Waals surface area contributed by atoms with E-state index < -0.39 is 11.7 Å². The first-order valence-electron chi connectivity index (χ1n) is 7.81. The summed E-state index contributed by atoms with van der Waals surface area (Å²) >= 11 is 0.